The Bertz CT molecular complexity index is 1980. The zero-order chi connectivity index (χ0) is 37.4. The molecule has 0 bridgehead atoms. The van der Waals surface area contributed by atoms with Crippen LogP contribution in [0.25, 0.3) is 10.9 Å². The highest BCUT2D eigenvalue weighted by Crippen LogP contribution is 2.50. The second kappa shape index (κ2) is 14.9. The molecule has 3 heterocycles. The van der Waals surface area contributed by atoms with Gasteiger partial charge in [0.15, 0.2) is 11.5 Å². The average Bonchev–Trinajstić information content (AvgIpc) is 3.55. The largest absolute Gasteiger partial charge is 0.519 e. The number of aromatic amines is 1. The molecule has 2 aliphatic heterocycles. The van der Waals surface area contributed by atoms with Crippen LogP contribution >= 0.6 is 0 Å². The summed E-state index contributed by atoms with van der Waals surface area (Å²) in [5.41, 5.74) is 4.66. The second-order valence-electron chi connectivity index (χ2n) is 14.0. The van der Waals surface area contributed by atoms with Crippen LogP contribution in [-0.2, 0) is 20.7 Å². The van der Waals surface area contributed by atoms with Crippen molar-refractivity contribution in [3.63, 3.8) is 0 Å². The predicted octanol–water partition coefficient (Wildman–Crippen LogP) is 6.18. The zero-order valence-corrected chi connectivity index (χ0v) is 30.8. The van der Waals surface area contributed by atoms with Crippen LogP contribution in [0.2, 0.25) is 0 Å². The van der Waals surface area contributed by atoms with E-state index >= 15 is 0 Å². The number of benzene rings is 3. The van der Waals surface area contributed by atoms with E-state index in [0.29, 0.717) is 12.8 Å². The molecule has 5 atom stereocenters. The van der Waals surface area contributed by atoms with Crippen LogP contribution in [0.1, 0.15) is 46.9 Å². The summed E-state index contributed by atoms with van der Waals surface area (Å²) in [4.78, 5) is 47.8. The normalized spacial score (nSPS) is 22.0. The summed E-state index contributed by atoms with van der Waals surface area (Å²) in [6.07, 6.45) is 1.14. The molecule has 0 radical (unpaired) electrons. The minimum absolute atomic E-state index is 0.0525. The van der Waals surface area contributed by atoms with Gasteiger partial charge in [0.2, 0.25) is 5.75 Å². The van der Waals surface area contributed by atoms with Crippen LogP contribution in [-0.4, -0.2) is 89.7 Å². The van der Waals surface area contributed by atoms with Crippen LogP contribution in [0, 0.1) is 17.8 Å². The van der Waals surface area contributed by atoms with Crippen molar-refractivity contribution in [3.8, 4) is 28.7 Å². The molecule has 1 aliphatic carbocycles. The number of piperidine rings is 1. The highest BCUT2D eigenvalue weighted by atomic mass is 16.7. The van der Waals surface area contributed by atoms with E-state index in [1.54, 1.807) is 31.4 Å². The van der Waals surface area contributed by atoms with Gasteiger partial charge in [-0.05, 0) is 91.6 Å². The lowest BCUT2D eigenvalue weighted by Gasteiger charge is -2.51. The SMILES string of the molecule is COC(=O)C1CC(OC(=O)c2cc(OC)c(OC(=O)Oc3ccc(N(C)C)cc3)c(OC)c2)C[C@@H]2CN3CCc4c([nH]c5cc(OC)ccc45)C3C[C@H]12. The topological polar surface area (TPSA) is 138 Å². The van der Waals surface area contributed by atoms with Gasteiger partial charge in [0.05, 0.1) is 46.0 Å². The fourth-order valence-electron chi connectivity index (χ4n) is 8.39. The Morgan fingerprint density at radius 3 is 2.21 bits per heavy atom. The summed E-state index contributed by atoms with van der Waals surface area (Å²) >= 11 is 0. The van der Waals surface area contributed by atoms with Crippen LogP contribution < -0.4 is 28.6 Å². The van der Waals surface area contributed by atoms with Crippen molar-refractivity contribution in [2.24, 2.45) is 17.8 Å². The van der Waals surface area contributed by atoms with E-state index in [1.165, 1.54) is 50.1 Å². The highest BCUT2D eigenvalue weighted by molar-refractivity contribution is 5.92. The van der Waals surface area contributed by atoms with E-state index in [0.717, 1.165) is 42.9 Å². The lowest BCUT2D eigenvalue weighted by molar-refractivity contribution is -0.155. The Morgan fingerprint density at radius 2 is 1.55 bits per heavy atom. The molecule has 3 aliphatic rings. The Hall–Kier alpha value is -5.43. The van der Waals surface area contributed by atoms with Gasteiger partial charge in [-0.25, -0.2) is 9.59 Å². The van der Waals surface area contributed by atoms with Gasteiger partial charge >= 0.3 is 18.1 Å². The van der Waals surface area contributed by atoms with Gasteiger partial charge in [-0.15, -0.1) is 0 Å². The molecule has 13 heteroatoms. The number of anilines is 1. The molecule has 1 N–H and O–H groups in total. The van der Waals surface area contributed by atoms with Crippen molar-refractivity contribution in [1.82, 2.24) is 9.88 Å². The van der Waals surface area contributed by atoms with Crippen molar-refractivity contribution < 1.29 is 47.5 Å². The standard InChI is InChI=1S/C40H45N3O10/c1-42(2)24-7-9-25(10-8-24)52-40(46)53-37-34(48-4)16-22(17-35(37)49-5)38(44)51-27-15-23-21-43-14-13-29-28-12-11-26(47-3)19-32(28)41-36(29)33(43)20-30(23)31(18-27)39(45)50-6/h7-12,16-17,19,23,27,30-31,33,41H,13-15,18,20-21H2,1-6H3/t23-,27?,30+,31?,33?/m1/s1. The van der Waals surface area contributed by atoms with Gasteiger partial charge in [0, 0.05) is 55.5 Å². The molecule has 3 unspecified atom stereocenters. The molecular weight excluding hydrogens is 682 g/mol. The number of esters is 2. The van der Waals surface area contributed by atoms with Gasteiger partial charge in [0.1, 0.15) is 17.6 Å². The first-order valence-electron chi connectivity index (χ1n) is 17.7. The van der Waals surface area contributed by atoms with Crippen molar-refractivity contribution >= 4 is 34.7 Å². The maximum absolute atomic E-state index is 13.7. The number of rotatable bonds is 9. The Kier molecular flexibility index (Phi) is 10.1. The zero-order valence-electron chi connectivity index (χ0n) is 30.8. The average molecular weight is 728 g/mol. The third-order valence-electron chi connectivity index (χ3n) is 11.0. The van der Waals surface area contributed by atoms with E-state index in [9.17, 15) is 14.4 Å². The first kappa shape index (κ1) is 36.0. The minimum atomic E-state index is -1.01. The summed E-state index contributed by atoms with van der Waals surface area (Å²) in [6, 6.07) is 16.1. The smallest absolute Gasteiger partial charge is 0.497 e. The number of carbonyl (C=O) groups excluding carboxylic acids is 3. The van der Waals surface area contributed by atoms with Crippen molar-refractivity contribution in [2.75, 3.05) is 60.5 Å². The maximum Gasteiger partial charge on any atom is 0.519 e. The number of H-pyrrole nitrogens is 1. The molecule has 0 amide bonds. The summed E-state index contributed by atoms with van der Waals surface area (Å²) in [7, 11) is 9.66. The molecule has 2 fully saturated rings. The molecule has 53 heavy (non-hydrogen) atoms. The Balaban J connectivity index is 1.06. The quantitative estimate of drug-likeness (QED) is 0.156. The Morgan fingerprint density at radius 1 is 0.830 bits per heavy atom. The van der Waals surface area contributed by atoms with E-state index in [2.05, 4.69) is 16.0 Å². The molecule has 280 valence electrons. The predicted molar refractivity (Wildman–Crippen MR) is 195 cm³/mol. The van der Waals surface area contributed by atoms with E-state index in [-0.39, 0.29) is 52.4 Å². The molecule has 7 rings (SSSR count). The van der Waals surface area contributed by atoms with Crippen molar-refractivity contribution in [2.45, 2.75) is 37.8 Å². The van der Waals surface area contributed by atoms with Gasteiger partial charge < -0.3 is 43.0 Å². The molecule has 1 saturated carbocycles. The third-order valence-corrected chi connectivity index (χ3v) is 11.0. The maximum atomic E-state index is 13.7. The third kappa shape index (κ3) is 7.05. The summed E-state index contributed by atoms with van der Waals surface area (Å²) in [6.45, 7) is 1.68. The molecule has 4 aromatic rings. The first-order chi connectivity index (χ1) is 25.6. The van der Waals surface area contributed by atoms with Gasteiger partial charge in [0.25, 0.3) is 0 Å². The van der Waals surface area contributed by atoms with Crippen molar-refractivity contribution in [3.05, 3.63) is 71.4 Å². The van der Waals surface area contributed by atoms with E-state index in [4.69, 9.17) is 33.2 Å². The summed E-state index contributed by atoms with van der Waals surface area (Å²) in [5, 5.41) is 1.21. The molecule has 3 aromatic carbocycles. The number of fused-ring (bicyclic) bond motifs is 6. The fourth-order valence-corrected chi connectivity index (χ4v) is 8.39. The van der Waals surface area contributed by atoms with Gasteiger partial charge in [-0.2, -0.15) is 0 Å². The Labute approximate surface area is 308 Å². The van der Waals surface area contributed by atoms with Crippen LogP contribution in [0.5, 0.6) is 28.7 Å². The van der Waals surface area contributed by atoms with E-state index < -0.39 is 24.1 Å². The van der Waals surface area contributed by atoms with Crippen molar-refractivity contribution in [1.29, 1.82) is 0 Å². The number of hydrogen-bond donors (Lipinski definition) is 1. The number of carbonyl (C=O) groups is 3. The number of ether oxygens (including phenoxy) is 7. The minimum Gasteiger partial charge on any atom is -0.497 e. The number of nitrogens with zero attached hydrogens (tertiary/aromatic N) is 2. The molecule has 1 aromatic heterocycles. The number of aromatic nitrogens is 1. The molecule has 0 spiro atoms. The number of methoxy groups -OCH3 is 4. The monoisotopic (exact) mass is 727 g/mol. The van der Waals surface area contributed by atoms with Gasteiger partial charge in [-0.1, -0.05) is 0 Å². The second-order valence-corrected chi connectivity index (χ2v) is 14.0. The fraction of sp³-hybridized carbons (Fsp3) is 0.425. The molecule has 1 saturated heterocycles. The van der Waals surface area contributed by atoms with Crippen LogP contribution in [0.3, 0.4) is 0 Å². The summed E-state index contributed by atoms with van der Waals surface area (Å²) < 4.78 is 38.7. The molecular formula is C40H45N3O10. The number of hydrogen-bond acceptors (Lipinski definition) is 12. The van der Waals surface area contributed by atoms with E-state index in [1.807, 2.05) is 31.1 Å². The van der Waals surface area contributed by atoms with Gasteiger partial charge in [-0.3, -0.25) is 9.69 Å². The lowest BCUT2D eigenvalue weighted by Crippen LogP contribution is -2.52. The molecule has 13 nitrogen and oxygen atoms in total. The highest BCUT2D eigenvalue weighted by Gasteiger charge is 2.49. The first-order valence-corrected chi connectivity index (χ1v) is 17.7. The van der Waals surface area contributed by atoms with Crippen LogP contribution in [0.15, 0.2) is 54.6 Å². The van der Waals surface area contributed by atoms with Crippen LogP contribution in [0.4, 0.5) is 10.5 Å². The number of nitrogens with one attached hydrogen (secondary N) is 1. The summed E-state index contributed by atoms with van der Waals surface area (Å²) in [5.74, 6) is 0.0317. The lowest BCUT2D eigenvalue weighted by atomic mass is 9.65.